The van der Waals surface area contributed by atoms with Crippen molar-refractivity contribution >= 4 is 23.2 Å². The Kier molecular flexibility index (Phi) is 6.24. The van der Waals surface area contributed by atoms with Crippen LogP contribution in [0.4, 0.5) is 17.3 Å². The number of benzene rings is 1. The molecule has 0 saturated carbocycles. The Balaban J connectivity index is 1.39. The number of ether oxygens (including phenoxy) is 1. The zero-order valence-corrected chi connectivity index (χ0v) is 17.0. The van der Waals surface area contributed by atoms with Crippen molar-refractivity contribution in [2.24, 2.45) is 0 Å². The van der Waals surface area contributed by atoms with Crippen molar-refractivity contribution in [2.45, 2.75) is 45.1 Å². The molecule has 1 amide bonds. The van der Waals surface area contributed by atoms with Crippen molar-refractivity contribution in [2.75, 3.05) is 36.5 Å². The molecule has 0 radical (unpaired) electrons. The van der Waals surface area contributed by atoms with E-state index in [1.54, 1.807) is 6.07 Å². The third-order valence-corrected chi connectivity index (χ3v) is 5.45. The third kappa shape index (κ3) is 5.23. The van der Waals surface area contributed by atoms with Gasteiger partial charge in [0.15, 0.2) is 0 Å². The van der Waals surface area contributed by atoms with Crippen LogP contribution in [-0.4, -0.2) is 48.2 Å². The van der Waals surface area contributed by atoms with Crippen molar-refractivity contribution in [3.63, 3.8) is 0 Å². The molecule has 3 heterocycles. The van der Waals surface area contributed by atoms with E-state index in [1.165, 1.54) is 24.9 Å². The number of anilines is 3. The van der Waals surface area contributed by atoms with Gasteiger partial charge in [0.25, 0.3) is 5.91 Å². The largest absolute Gasteiger partial charge is 0.376 e. The molecule has 0 aliphatic carbocycles. The number of hydrogen-bond acceptors (Lipinski definition) is 6. The Bertz CT molecular complexity index is 828. The lowest BCUT2D eigenvalue weighted by molar-refractivity contribution is 0.0853. The summed E-state index contributed by atoms with van der Waals surface area (Å²) in [6.45, 7) is 5.40. The first kappa shape index (κ1) is 19.6. The van der Waals surface area contributed by atoms with Gasteiger partial charge in [-0.15, -0.1) is 0 Å². The van der Waals surface area contributed by atoms with E-state index in [9.17, 15) is 4.79 Å². The Morgan fingerprint density at radius 3 is 2.66 bits per heavy atom. The molecule has 2 saturated heterocycles. The molecule has 2 aromatic rings. The van der Waals surface area contributed by atoms with Crippen molar-refractivity contribution in [3.05, 3.63) is 41.7 Å². The summed E-state index contributed by atoms with van der Waals surface area (Å²) in [7, 11) is 0. The molecule has 2 aliphatic rings. The predicted octanol–water partition coefficient (Wildman–Crippen LogP) is 3.43. The molecule has 7 heteroatoms. The standard InChI is InChI=1S/C22H29N5O2/c1-16-14-20(21(28)23-15-19-6-5-13-29-19)26-22(24-16)25-17-7-9-18(10-8-17)27-11-3-2-4-12-27/h7-10,14,19H,2-6,11-13,15H2,1H3,(H,23,28)(H,24,25,26). The highest BCUT2D eigenvalue weighted by molar-refractivity contribution is 5.92. The lowest BCUT2D eigenvalue weighted by Crippen LogP contribution is -2.32. The smallest absolute Gasteiger partial charge is 0.270 e. The van der Waals surface area contributed by atoms with Crippen LogP contribution >= 0.6 is 0 Å². The van der Waals surface area contributed by atoms with Gasteiger partial charge in [-0.2, -0.15) is 0 Å². The van der Waals surface area contributed by atoms with Crippen molar-refractivity contribution in [1.29, 1.82) is 0 Å². The quantitative estimate of drug-likeness (QED) is 0.780. The van der Waals surface area contributed by atoms with E-state index in [0.29, 0.717) is 18.2 Å². The fourth-order valence-corrected chi connectivity index (χ4v) is 3.88. The number of hydrogen-bond donors (Lipinski definition) is 2. The van der Waals surface area contributed by atoms with Crippen LogP contribution in [0, 0.1) is 6.92 Å². The third-order valence-electron chi connectivity index (χ3n) is 5.45. The maximum atomic E-state index is 12.5. The molecular formula is C22H29N5O2. The molecule has 1 atom stereocenters. The summed E-state index contributed by atoms with van der Waals surface area (Å²) in [5.41, 5.74) is 3.26. The SMILES string of the molecule is Cc1cc(C(=O)NCC2CCCO2)nc(Nc2ccc(N3CCCCC3)cc2)n1. The van der Waals surface area contributed by atoms with E-state index in [-0.39, 0.29) is 12.0 Å². The fourth-order valence-electron chi connectivity index (χ4n) is 3.88. The molecule has 1 aromatic heterocycles. The highest BCUT2D eigenvalue weighted by atomic mass is 16.5. The minimum Gasteiger partial charge on any atom is -0.376 e. The second-order valence-corrected chi connectivity index (χ2v) is 7.78. The lowest BCUT2D eigenvalue weighted by atomic mass is 10.1. The van der Waals surface area contributed by atoms with Crippen LogP contribution < -0.4 is 15.5 Å². The van der Waals surface area contributed by atoms with Gasteiger partial charge in [0.05, 0.1) is 6.10 Å². The topological polar surface area (TPSA) is 79.4 Å². The number of aryl methyl sites for hydroxylation is 1. The minimum atomic E-state index is -0.200. The second kappa shape index (κ2) is 9.22. The molecule has 0 spiro atoms. The zero-order valence-electron chi connectivity index (χ0n) is 17.0. The average molecular weight is 396 g/mol. The molecule has 29 heavy (non-hydrogen) atoms. The van der Waals surface area contributed by atoms with Crippen LogP contribution in [0.25, 0.3) is 0 Å². The van der Waals surface area contributed by atoms with Crippen LogP contribution in [0.3, 0.4) is 0 Å². The maximum Gasteiger partial charge on any atom is 0.270 e. The number of aromatic nitrogens is 2. The van der Waals surface area contributed by atoms with E-state index in [0.717, 1.165) is 43.9 Å². The molecule has 2 N–H and O–H groups in total. The molecule has 4 rings (SSSR count). The summed E-state index contributed by atoms with van der Waals surface area (Å²) < 4.78 is 5.56. The van der Waals surface area contributed by atoms with E-state index < -0.39 is 0 Å². The molecule has 1 aromatic carbocycles. The Hall–Kier alpha value is -2.67. The summed E-state index contributed by atoms with van der Waals surface area (Å²) >= 11 is 0. The van der Waals surface area contributed by atoms with Gasteiger partial charge in [0.2, 0.25) is 5.95 Å². The summed E-state index contributed by atoms with van der Waals surface area (Å²) in [5, 5.41) is 6.14. The van der Waals surface area contributed by atoms with Gasteiger partial charge in [-0.1, -0.05) is 0 Å². The number of nitrogens with one attached hydrogen (secondary N) is 2. The van der Waals surface area contributed by atoms with Crippen LogP contribution in [0.15, 0.2) is 30.3 Å². The summed E-state index contributed by atoms with van der Waals surface area (Å²) in [6.07, 6.45) is 5.99. The molecule has 154 valence electrons. The number of amides is 1. The van der Waals surface area contributed by atoms with E-state index in [1.807, 2.05) is 19.1 Å². The van der Waals surface area contributed by atoms with Gasteiger partial charge in [0.1, 0.15) is 5.69 Å². The van der Waals surface area contributed by atoms with E-state index in [2.05, 4.69) is 37.6 Å². The van der Waals surface area contributed by atoms with Crippen LogP contribution in [-0.2, 0) is 4.74 Å². The summed E-state index contributed by atoms with van der Waals surface area (Å²) in [6, 6.07) is 10.0. The molecule has 2 aliphatic heterocycles. The van der Waals surface area contributed by atoms with Gasteiger partial charge in [-0.25, -0.2) is 9.97 Å². The molecule has 7 nitrogen and oxygen atoms in total. The Labute approximate surface area is 171 Å². The molecule has 1 unspecified atom stereocenters. The van der Waals surface area contributed by atoms with Crippen molar-refractivity contribution < 1.29 is 9.53 Å². The van der Waals surface area contributed by atoms with Crippen molar-refractivity contribution in [3.8, 4) is 0 Å². The Morgan fingerprint density at radius 2 is 1.93 bits per heavy atom. The van der Waals surface area contributed by atoms with E-state index >= 15 is 0 Å². The highest BCUT2D eigenvalue weighted by Crippen LogP contribution is 2.23. The lowest BCUT2D eigenvalue weighted by Gasteiger charge is -2.28. The van der Waals surface area contributed by atoms with Crippen LogP contribution in [0.2, 0.25) is 0 Å². The van der Waals surface area contributed by atoms with E-state index in [4.69, 9.17) is 4.74 Å². The minimum absolute atomic E-state index is 0.109. The van der Waals surface area contributed by atoms with Gasteiger partial charge < -0.3 is 20.3 Å². The van der Waals surface area contributed by atoms with Gasteiger partial charge in [0, 0.05) is 43.3 Å². The number of carbonyl (C=O) groups excluding carboxylic acids is 1. The zero-order chi connectivity index (χ0) is 20.1. The Morgan fingerprint density at radius 1 is 1.14 bits per heavy atom. The first-order valence-corrected chi connectivity index (χ1v) is 10.5. The number of carbonyl (C=O) groups is 1. The highest BCUT2D eigenvalue weighted by Gasteiger charge is 2.18. The average Bonchev–Trinajstić information content (AvgIpc) is 3.26. The summed E-state index contributed by atoms with van der Waals surface area (Å²) in [4.78, 5) is 23.7. The van der Waals surface area contributed by atoms with Gasteiger partial charge in [-0.05, 0) is 69.4 Å². The van der Waals surface area contributed by atoms with Crippen molar-refractivity contribution in [1.82, 2.24) is 15.3 Å². The first-order chi connectivity index (χ1) is 14.2. The van der Waals surface area contributed by atoms with Crippen LogP contribution in [0.1, 0.15) is 48.3 Å². The predicted molar refractivity (Wildman–Crippen MR) is 114 cm³/mol. The fraction of sp³-hybridized carbons (Fsp3) is 0.500. The molecule has 0 bridgehead atoms. The summed E-state index contributed by atoms with van der Waals surface area (Å²) in [5.74, 6) is 0.229. The number of piperidine rings is 1. The van der Waals surface area contributed by atoms with Gasteiger partial charge in [-0.3, -0.25) is 4.79 Å². The second-order valence-electron chi connectivity index (χ2n) is 7.78. The first-order valence-electron chi connectivity index (χ1n) is 10.5. The molecule has 2 fully saturated rings. The number of rotatable bonds is 6. The maximum absolute atomic E-state index is 12.5. The van der Waals surface area contributed by atoms with Crippen LogP contribution in [0.5, 0.6) is 0 Å². The van der Waals surface area contributed by atoms with Gasteiger partial charge >= 0.3 is 0 Å². The monoisotopic (exact) mass is 395 g/mol. The molecular weight excluding hydrogens is 366 g/mol. The normalized spacial score (nSPS) is 19.2. The number of nitrogens with zero attached hydrogens (tertiary/aromatic N) is 3.